The Hall–Kier alpha value is -1.77. The third-order valence-electron chi connectivity index (χ3n) is 2.26. The molecule has 0 heterocycles. The third-order valence-corrected chi connectivity index (χ3v) is 2.26. The summed E-state index contributed by atoms with van der Waals surface area (Å²) in [4.78, 5) is 10.7. The molecule has 1 rings (SSSR count). The number of carbonyl (C=O) groups is 1. The zero-order valence-corrected chi connectivity index (χ0v) is 8.73. The molecule has 0 fully saturated rings. The molecule has 15 heavy (non-hydrogen) atoms. The van der Waals surface area contributed by atoms with Crippen molar-refractivity contribution in [3.8, 4) is 0 Å². The van der Waals surface area contributed by atoms with Gasteiger partial charge in [-0.25, -0.2) is 0 Å². The van der Waals surface area contributed by atoms with Crippen molar-refractivity contribution in [2.75, 3.05) is 0 Å². The van der Waals surface area contributed by atoms with Gasteiger partial charge in [-0.1, -0.05) is 31.7 Å². The van der Waals surface area contributed by atoms with E-state index < -0.39 is 5.97 Å². The fraction of sp³-hybridized carbons (Fsp3) is 0.250. The Morgan fingerprint density at radius 1 is 1.60 bits per heavy atom. The van der Waals surface area contributed by atoms with Crippen LogP contribution in [0.2, 0.25) is 0 Å². The maximum atomic E-state index is 10.7. The molecular weight excluding hydrogens is 190 g/mol. The zero-order chi connectivity index (χ0) is 11.4. The van der Waals surface area contributed by atoms with Gasteiger partial charge in [0.25, 0.3) is 0 Å². The maximum Gasteiger partial charge on any atom is 0.306 e. The summed E-state index contributed by atoms with van der Waals surface area (Å²) in [6.45, 7) is 5.33. The van der Waals surface area contributed by atoms with Gasteiger partial charge < -0.3 is 10.8 Å². The van der Waals surface area contributed by atoms with Crippen LogP contribution in [0.4, 0.5) is 0 Å². The molecule has 80 valence electrons. The first kappa shape index (κ1) is 11.3. The van der Waals surface area contributed by atoms with Crippen molar-refractivity contribution in [2.24, 2.45) is 11.7 Å². The second kappa shape index (κ2) is 4.64. The molecule has 0 saturated carbocycles. The highest BCUT2D eigenvalue weighted by Crippen LogP contribution is 2.13. The Morgan fingerprint density at radius 2 is 2.27 bits per heavy atom. The summed E-state index contributed by atoms with van der Waals surface area (Å²) >= 11 is 0. The number of carboxylic acids is 1. The number of aliphatic carboxylic acids is 1. The van der Waals surface area contributed by atoms with Crippen molar-refractivity contribution in [1.82, 2.24) is 0 Å². The molecule has 3 heteroatoms. The molecule has 1 aromatic carbocycles. The van der Waals surface area contributed by atoms with Gasteiger partial charge in [0.2, 0.25) is 0 Å². The van der Waals surface area contributed by atoms with E-state index >= 15 is 0 Å². The van der Waals surface area contributed by atoms with Gasteiger partial charge in [-0.2, -0.15) is 0 Å². The highest BCUT2D eigenvalue weighted by atomic mass is 16.4. The molecule has 1 atom stereocenters. The fourth-order valence-corrected chi connectivity index (χ4v) is 1.34. The topological polar surface area (TPSA) is 63.3 Å². The van der Waals surface area contributed by atoms with Crippen LogP contribution in [0.3, 0.4) is 0 Å². The Kier molecular flexibility index (Phi) is 3.50. The first-order valence-electron chi connectivity index (χ1n) is 4.77. The van der Waals surface area contributed by atoms with Gasteiger partial charge in [0, 0.05) is 5.70 Å². The second-order valence-corrected chi connectivity index (χ2v) is 3.67. The van der Waals surface area contributed by atoms with Gasteiger partial charge in [0.15, 0.2) is 0 Å². The minimum Gasteiger partial charge on any atom is -0.481 e. The number of rotatable bonds is 4. The van der Waals surface area contributed by atoms with Gasteiger partial charge in [0.1, 0.15) is 0 Å². The van der Waals surface area contributed by atoms with Crippen molar-refractivity contribution in [3.05, 3.63) is 42.0 Å². The molecule has 3 N–H and O–H groups in total. The quantitative estimate of drug-likeness (QED) is 0.788. The minimum atomic E-state index is -0.785. The number of nitrogens with two attached hydrogens (primary N) is 1. The van der Waals surface area contributed by atoms with E-state index in [4.69, 9.17) is 10.8 Å². The molecule has 1 aromatic rings. The lowest BCUT2D eigenvalue weighted by Gasteiger charge is -2.07. The molecule has 0 radical (unpaired) electrons. The Balaban J connectivity index is 2.82. The van der Waals surface area contributed by atoms with Crippen LogP contribution >= 0.6 is 0 Å². The summed E-state index contributed by atoms with van der Waals surface area (Å²) in [6, 6.07) is 7.49. The molecule has 0 spiro atoms. The lowest BCUT2D eigenvalue weighted by atomic mass is 9.99. The summed E-state index contributed by atoms with van der Waals surface area (Å²) in [6.07, 6.45) is 0.510. The van der Waals surface area contributed by atoms with Gasteiger partial charge in [-0.3, -0.25) is 4.79 Å². The van der Waals surface area contributed by atoms with Crippen LogP contribution in [0, 0.1) is 5.92 Å². The van der Waals surface area contributed by atoms with Crippen molar-refractivity contribution in [1.29, 1.82) is 0 Å². The summed E-state index contributed by atoms with van der Waals surface area (Å²) in [5, 5.41) is 8.78. The average Bonchev–Trinajstić information content (AvgIpc) is 2.18. The molecule has 0 aliphatic rings. The monoisotopic (exact) mass is 205 g/mol. The lowest BCUT2D eigenvalue weighted by molar-refractivity contribution is -0.141. The molecule has 0 aromatic heterocycles. The van der Waals surface area contributed by atoms with Crippen LogP contribution in [0.1, 0.15) is 18.1 Å². The Morgan fingerprint density at radius 3 is 2.80 bits per heavy atom. The molecule has 0 unspecified atom stereocenters. The normalized spacial score (nSPS) is 12.1. The predicted molar refractivity (Wildman–Crippen MR) is 60.2 cm³/mol. The van der Waals surface area contributed by atoms with E-state index in [1.807, 2.05) is 24.3 Å². The van der Waals surface area contributed by atoms with E-state index in [1.54, 1.807) is 6.92 Å². The number of carboxylic acid groups (broad SMARTS) is 1. The molecule has 0 bridgehead atoms. The van der Waals surface area contributed by atoms with Gasteiger partial charge >= 0.3 is 5.97 Å². The summed E-state index contributed by atoms with van der Waals surface area (Å²) in [5.41, 5.74) is 7.88. The van der Waals surface area contributed by atoms with Crippen LogP contribution in [0.25, 0.3) is 5.70 Å². The van der Waals surface area contributed by atoms with Crippen molar-refractivity contribution in [2.45, 2.75) is 13.3 Å². The van der Waals surface area contributed by atoms with Crippen LogP contribution < -0.4 is 5.73 Å². The van der Waals surface area contributed by atoms with E-state index in [9.17, 15) is 4.79 Å². The average molecular weight is 205 g/mol. The number of benzene rings is 1. The molecule has 0 aliphatic heterocycles. The minimum absolute atomic E-state index is 0.383. The summed E-state index contributed by atoms with van der Waals surface area (Å²) in [7, 11) is 0. The van der Waals surface area contributed by atoms with Crippen molar-refractivity contribution in [3.63, 3.8) is 0 Å². The lowest BCUT2D eigenvalue weighted by Crippen LogP contribution is -2.12. The second-order valence-electron chi connectivity index (χ2n) is 3.67. The van der Waals surface area contributed by atoms with Crippen molar-refractivity contribution >= 4 is 11.7 Å². The van der Waals surface area contributed by atoms with Crippen LogP contribution in [-0.2, 0) is 11.2 Å². The molecular formula is C12H15NO2. The smallest absolute Gasteiger partial charge is 0.306 e. The molecule has 0 saturated heterocycles. The van der Waals surface area contributed by atoms with E-state index in [0.717, 1.165) is 11.1 Å². The Bertz CT molecular complexity index is 385. The molecule has 3 nitrogen and oxygen atoms in total. The summed E-state index contributed by atoms with van der Waals surface area (Å²) in [5.74, 6) is -1.17. The number of hydrogen-bond donors (Lipinski definition) is 2. The van der Waals surface area contributed by atoms with Crippen LogP contribution in [0.5, 0.6) is 0 Å². The maximum absolute atomic E-state index is 10.7. The highest BCUT2D eigenvalue weighted by Gasteiger charge is 2.11. The van der Waals surface area contributed by atoms with Gasteiger partial charge in [0.05, 0.1) is 5.92 Å². The van der Waals surface area contributed by atoms with E-state index in [2.05, 4.69) is 6.58 Å². The summed E-state index contributed by atoms with van der Waals surface area (Å²) < 4.78 is 0. The standard InChI is InChI=1S/C12H15NO2/c1-8(12(14)15)6-10-4-3-5-11(7-10)9(2)13/h3-5,7-8H,2,6,13H2,1H3,(H,14,15)/t8-/m0/s1. The largest absolute Gasteiger partial charge is 0.481 e. The fourth-order valence-electron chi connectivity index (χ4n) is 1.34. The van der Waals surface area contributed by atoms with Crippen LogP contribution in [-0.4, -0.2) is 11.1 Å². The van der Waals surface area contributed by atoms with E-state index in [0.29, 0.717) is 12.1 Å². The van der Waals surface area contributed by atoms with E-state index in [1.165, 1.54) is 0 Å². The highest BCUT2D eigenvalue weighted by molar-refractivity contribution is 5.70. The molecule has 0 aliphatic carbocycles. The van der Waals surface area contributed by atoms with E-state index in [-0.39, 0.29) is 5.92 Å². The first-order valence-corrected chi connectivity index (χ1v) is 4.77. The zero-order valence-electron chi connectivity index (χ0n) is 8.73. The van der Waals surface area contributed by atoms with Gasteiger partial charge in [-0.05, 0) is 23.6 Å². The molecule has 0 amide bonds. The SMILES string of the molecule is C=C(N)c1cccc(C[C@H](C)C(=O)O)c1. The van der Waals surface area contributed by atoms with Crippen molar-refractivity contribution < 1.29 is 9.90 Å². The Labute approximate surface area is 89.2 Å². The third kappa shape index (κ3) is 3.13. The predicted octanol–water partition coefficient (Wildman–Crippen LogP) is 1.88. The van der Waals surface area contributed by atoms with Crippen LogP contribution in [0.15, 0.2) is 30.8 Å². The first-order chi connectivity index (χ1) is 7.00. The van der Waals surface area contributed by atoms with Gasteiger partial charge in [-0.15, -0.1) is 0 Å². The number of hydrogen-bond acceptors (Lipinski definition) is 2.